The monoisotopic (exact) mass is 230 g/mol. The molecule has 0 saturated heterocycles. The first-order valence-electron chi connectivity index (χ1n) is 6.14. The first-order chi connectivity index (χ1) is 8.93. The van der Waals surface area contributed by atoms with Crippen molar-refractivity contribution in [2.24, 2.45) is 0 Å². The summed E-state index contributed by atoms with van der Waals surface area (Å²) in [6.07, 6.45) is 2.15. The summed E-state index contributed by atoms with van der Waals surface area (Å²) in [5.41, 5.74) is 2.51. The van der Waals surface area contributed by atoms with Gasteiger partial charge in [0, 0.05) is 23.6 Å². The molecule has 4 rings (SSSR count). The van der Waals surface area contributed by atoms with E-state index in [4.69, 9.17) is 0 Å². The van der Waals surface area contributed by atoms with Crippen LogP contribution in [0.5, 0.6) is 0 Å². The number of rotatable bonds is 0. The Morgan fingerprint density at radius 1 is 0.556 bits per heavy atom. The third-order valence-electron chi connectivity index (χ3n) is 3.52. The van der Waals surface area contributed by atoms with Crippen LogP contribution in [0.25, 0.3) is 27.2 Å². The van der Waals surface area contributed by atoms with Crippen LogP contribution in [0.2, 0.25) is 0 Å². The molecule has 0 atom stereocenters. The molecular weight excluding hydrogens is 218 g/mol. The molecule has 0 aliphatic rings. The predicted octanol–water partition coefficient (Wildman–Crippen LogP) is 3.73. The highest BCUT2D eigenvalue weighted by molar-refractivity contribution is 5.94. The van der Waals surface area contributed by atoms with Gasteiger partial charge in [-0.2, -0.15) is 4.40 Å². The zero-order valence-corrected chi connectivity index (χ0v) is 9.88. The molecule has 18 heavy (non-hydrogen) atoms. The number of fused-ring (bicyclic) bond motifs is 5. The summed E-state index contributed by atoms with van der Waals surface area (Å²) in [6, 6.07) is 23.6. The third-order valence-corrected chi connectivity index (χ3v) is 3.52. The van der Waals surface area contributed by atoms with Gasteiger partial charge in [-0.25, -0.2) is 0 Å². The van der Waals surface area contributed by atoms with Crippen LogP contribution in [-0.2, 0) is 0 Å². The standard InChI is InChI=1S/C17H12N/c1-3-7-15-13(5-1)11-12-18-16-8-4-2-6-14(16)9-10-17(15)18/h1-12H/q+1. The van der Waals surface area contributed by atoms with E-state index in [1.807, 2.05) is 0 Å². The van der Waals surface area contributed by atoms with E-state index >= 15 is 0 Å². The van der Waals surface area contributed by atoms with E-state index in [1.54, 1.807) is 0 Å². The number of benzene rings is 2. The first kappa shape index (κ1) is 9.60. The van der Waals surface area contributed by atoms with Gasteiger partial charge < -0.3 is 0 Å². The van der Waals surface area contributed by atoms with Crippen molar-refractivity contribution in [3.8, 4) is 0 Å². The van der Waals surface area contributed by atoms with Crippen molar-refractivity contribution < 1.29 is 4.40 Å². The summed E-state index contributed by atoms with van der Waals surface area (Å²) in [5, 5.41) is 3.85. The van der Waals surface area contributed by atoms with Crippen LogP contribution >= 0.6 is 0 Å². The van der Waals surface area contributed by atoms with E-state index in [2.05, 4.69) is 77.3 Å². The zero-order valence-electron chi connectivity index (χ0n) is 9.88. The van der Waals surface area contributed by atoms with Gasteiger partial charge in [0.2, 0.25) is 11.0 Å². The summed E-state index contributed by atoms with van der Waals surface area (Å²) < 4.78 is 2.26. The second kappa shape index (κ2) is 3.54. The van der Waals surface area contributed by atoms with Crippen LogP contribution in [0.15, 0.2) is 72.9 Å². The topological polar surface area (TPSA) is 4.10 Å². The minimum atomic E-state index is 1.25. The molecule has 0 radical (unpaired) electrons. The van der Waals surface area contributed by atoms with Gasteiger partial charge in [-0.05, 0) is 23.6 Å². The van der Waals surface area contributed by atoms with Crippen molar-refractivity contribution in [3.63, 3.8) is 0 Å². The van der Waals surface area contributed by atoms with Gasteiger partial charge in [-0.1, -0.05) is 30.3 Å². The Balaban J connectivity index is 2.31. The average molecular weight is 230 g/mol. The summed E-state index contributed by atoms with van der Waals surface area (Å²) in [6.45, 7) is 0. The van der Waals surface area contributed by atoms with Gasteiger partial charge in [0.1, 0.15) is 0 Å². The van der Waals surface area contributed by atoms with E-state index in [1.165, 1.54) is 27.2 Å². The number of hydrogen-bond acceptors (Lipinski definition) is 0. The molecule has 0 bridgehead atoms. The Morgan fingerprint density at radius 2 is 1.33 bits per heavy atom. The lowest BCUT2D eigenvalue weighted by atomic mass is 10.1. The highest BCUT2D eigenvalue weighted by Crippen LogP contribution is 2.19. The van der Waals surface area contributed by atoms with E-state index in [9.17, 15) is 0 Å². The maximum Gasteiger partial charge on any atom is 0.219 e. The van der Waals surface area contributed by atoms with Gasteiger partial charge in [-0.15, -0.1) is 0 Å². The Labute approximate surface area is 105 Å². The van der Waals surface area contributed by atoms with Crippen molar-refractivity contribution in [1.82, 2.24) is 0 Å². The van der Waals surface area contributed by atoms with Crippen LogP contribution in [0.4, 0.5) is 0 Å². The normalized spacial score (nSPS) is 11.3. The summed E-state index contributed by atoms with van der Waals surface area (Å²) >= 11 is 0. The lowest BCUT2D eigenvalue weighted by Crippen LogP contribution is -2.22. The SMILES string of the molecule is c1ccc2c(c1)cc[n+]1c3ccccc3ccc21. The smallest absolute Gasteiger partial charge is 0.159 e. The van der Waals surface area contributed by atoms with Gasteiger partial charge >= 0.3 is 0 Å². The minimum Gasteiger partial charge on any atom is -0.159 e. The Morgan fingerprint density at radius 3 is 2.28 bits per heavy atom. The third kappa shape index (κ3) is 1.25. The predicted molar refractivity (Wildman–Crippen MR) is 74.6 cm³/mol. The maximum absolute atomic E-state index is 2.26. The molecule has 2 heterocycles. The second-order valence-corrected chi connectivity index (χ2v) is 4.55. The molecule has 0 saturated carbocycles. The van der Waals surface area contributed by atoms with Crippen LogP contribution < -0.4 is 4.40 Å². The van der Waals surface area contributed by atoms with Gasteiger partial charge in [0.05, 0.1) is 5.39 Å². The van der Waals surface area contributed by atoms with Crippen molar-refractivity contribution in [2.75, 3.05) is 0 Å². The molecule has 0 fully saturated rings. The van der Waals surface area contributed by atoms with E-state index < -0.39 is 0 Å². The van der Waals surface area contributed by atoms with Crippen LogP contribution in [0.3, 0.4) is 0 Å². The van der Waals surface area contributed by atoms with Crippen LogP contribution in [-0.4, -0.2) is 0 Å². The number of hydrogen-bond donors (Lipinski definition) is 0. The second-order valence-electron chi connectivity index (χ2n) is 4.55. The molecule has 1 nitrogen and oxygen atoms in total. The molecule has 0 spiro atoms. The molecule has 0 aliphatic carbocycles. The van der Waals surface area contributed by atoms with Gasteiger partial charge in [0.15, 0.2) is 6.20 Å². The minimum absolute atomic E-state index is 1.25. The van der Waals surface area contributed by atoms with E-state index in [-0.39, 0.29) is 0 Å². The first-order valence-corrected chi connectivity index (χ1v) is 6.14. The molecule has 0 unspecified atom stereocenters. The highest BCUT2D eigenvalue weighted by atomic mass is 14.9. The fraction of sp³-hybridized carbons (Fsp3) is 0. The van der Waals surface area contributed by atoms with Crippen molar-refractivity contribution >= 4 is 27.2 Å². The molecule has 1 heteroatoms. The Bertz CT molecular complexity index is 803. The zero-order chi connectivity index (χ0) is 11.9. The van der Waals surface area contributed by atoms with E-state index in [0.29, 0.717) is 0 Å². The number of nitrogens with zero attached hydrogens (tertiary/aromatic N) is 1. The number of pyridine rings is 2. The molecule has 0 aliphatic heterocycles. The molecule has 2 aromatic carbocycles. The van der Waals surface area contributed by atoms with Crippen molar-refractivity contribution in [2.45, 2.75) is 0 Å². The van der Waals surface area contributed by atoms with E-state index in [0.717, 1.165) is 0 Å². The highest BCUT2D eigenvalue weighted by Gasteiger charge is 2.10. The summed E-state index contributed by atoms with van der Waals surface area (Å²) in [5.74, 6) is 0. The Hall–Kier alpha value is -2.41. The Kier molecular flexibility index (Phi) is 1.89. The number of aromatic nitrogens is 1. The summed E-state index contributed by atoms with van der Waals surface area (Å²) in [4.78, 5) is 0. The maximum atomic E-state index is 2.26. The van der Waals surface area contributed by atoms with Crippen LogP contribution in [0, 0.1) is 0 Å². The van der Waals surface area contributed by atoms with Gasteiger partial charge in [-0.3, -0.25) is 0 Å². The molecule has 2 aromatic heterocycles. The molecular formula is C17H12N+. The van der Waals surface area contributed by atoms with Crippen LogP contribution in [0.1, 0.15) is 0 Å². The summed E-state index contributed by atoms with van der Waals surface area (Å²) in [7, 11) is 0. The molecule has 0 N–H and O–H groups in total. The molecule has 84 valence electrons. The van der Waals surface area contributed by atoms with Gasteiger partial charge in [0.25, 0.3) is 0 Å². The average Bonchev–Trinajstić information content (AvgIpc) is 2.46. The van der Waals surface area contributed by atoms with Crippen molar-refractivity contribution in [1.29, 1.82) is 0 Å². The fourth-order valence-corrected chi connectivity index (χ4v) is 2.64. The quantitative estimate of drug-likeness (QED) is 0.320. The lowest BCUT2D eigenvalue weighted by molar-refractivity contribution is -0.480. The lowest BCUT2D eigenvalue weighted by Gasteiger charge is -2.00. The molecule has 4 aromatic rings. The largest absolute Gasteiger partial charge is 0.219 e. The van der Waals surface area contributed by atoms with Crippen molar-refractivity contribution in [3.05, 3.63) is 72.9 Å². The molecule has 0 amide bonds. The number of para-hydroxylation sites is 1. The fourth-order valence-electron chi connectivity index (χ4n) is 2.64.